The van der Waals surface area contributed by atoms with Crippen LogP contribution in [0.3, 0.4) is 0 Å². The lowest BCUT2D eigenvalue weighted by atomic mass is 9.92. The topological polar surface area (TPSA) is 39.2 Å². The van der Waals surface area contributed by atoms with Crippen molar-refractivity contribution < 1.29 is 9.53 Å². The molecule has 4 heteroatoms. The van der Waals surface area contributed by atoms with Crippen molar-refractivity contribution in [1.29, 1.82) is 0 Å². The van der Waals surface area contributed by atoms with E-state index >= 15 is 0 Å². The van der Waals surface area contributed by atoms with Gasteiger partial charge in [0.15, 0.2) is 5.78 Å². The first-order valence-corrected chi connectivity index (χ1v) is 6.78. The third-order valence-corrected chi connectivity index (χ3v) is 3.25. The average molecular weight is 267 g/mol. The second-order valence-electron chi connectivity index (χ2n) is 4.83. The highest BCUT2D eigenvalue weighted by Gasteiger charge is 2.05. The molecule has 102 valence electrons. The van der Waals surface area contributed by atoms with Crippen LogP contribution in [0.4, 0.5) is 0 Å². The Bertz CT molecular complexity index is 626. The first-order chi connectivity index (χ1) is 9.60. The van der Waals surface area contributed by atoms with Crippen LogP contribution in [0.2, 0.25) is 0 Å². The molecule has 0 saturated heterocycles. The van der Waals surface area contributed by atoms with Gasteiger partial charge in [0.25, 0.3) is 0 Å². The zero-order chi connectivity index (χ0) is 14.5. The fourth-order valence-electron chi connectivity index (χ4n) is 2.01. The van der Waals surface area contributed by atoms with E-state index in [4.69, 9.17) is 4.74 Å². The van der Waals surface area contributed by atoms with Crippen molar-refractivity contribution in [2.75, 3.05) is 0 Å². The Kier molecular flexibility index (Phi) is 4.56. The number of hydrogen-bond donors (Lipinski definition) is 0. The van der Waals surface area contributed by atoms with Gasteiger partial charge < -0.3 is 4.74 Å². The van der Waals surface area contributed by atoms with E-state index in [1.165, 1.54) is 5.56 Å². The Labute approximate surface area is 120 Å². The minimum Gasteiger partial charge on any atom is -0.488 e. The molecule has 0 bridgehead atoms. The summed E-state index contributed by atoms with van der Waals surface area (Å²) in [6, 6.07) is 9.56. The number of aromatic nitrogens is 1. The standard InChI is InChI=1S/C16H18BNO2/c1-3-12-6-7-18-14(8-12)10-20-16-5-4-13(11(2)19)9-15(16)17/h4-9H,3,10,17H2,1-2H3. The lowest BCUT2D eigenvalue weighted by Crippen LogP contribution is -2.12. The number of carbonyl (C=O) groups excluding carboxylic acids is 1. The van der Waals surface area contributed by atoms with E-state index in [0.717, 1.165) is 23.3 Å². The van der Waals surface area contributed by atoms with Gasteiger partial charge >= 0.3 is 0 Å². The molecule has 0 N–H and O–H groups in total. The summed E-state index contributed by atoms with van der Waals surface area (Å²) in [7, 11) is 1.94. The number of Topliss-reactive ketones (excluding diaryl/α,β-unsaturated/α-hetero) is 1. The van der Waals surface area contributed by atoms with Crippen molar-refractivity contribution in [3.05, 3.63) is 53.3 Å². The van der Waals surface area contributed by atoms with Crippen LogP contribution >= 0.6 is 0 Å². The van der Waals surface area contributed by atoms with Crippen LogP contribution < -0.4 is 10.2 Å². The number of pyridine rings is 1. The van der Waals surface area contributed by atoms with Crippen LogP contribution in [-0.4, -0.2) is 18.6 Å². The Morgan fingerprint density at radius 1 is 1.30 bits per heavy atom. The molecule has 0 spiro atoms. The predicted octanol–water partition coefficient (Wildman–Crippen LogP) is 1.68. The van der Waals surface area contributed by atoms with Crippen LogP contribution in [-0.2, 0) is 13.0 Å². The van der Waals surface area contributed by atoms with Gasteiger partial charge in [-0.25, -0.2) is 0 Å². The maximum absolute atomic E-state index is 11.3. The van der Waals surface area contributed by atoms with E-state index < -0.39 is 0 Å². The molecule has 0 aliphatic rings. The van der Waals surface area contributed by atoms with Crippen molar-refractivity contribution in [2.24, 2.45) is 0 Å². The molecule has 0 fully saturated rings. The molecule has 2 aromatic rings. The summed E-state index contributed by atoms with van der Waals surface area (Å²) in [6.45, 7) is 4.12. The van der Waals surface area contributed by atoms with Gasteiger partial charge in [0, 0.05) is 11.8 Å². The summed E-state index contributed by atoms with van der Waals surface area (Å²) < 4.78 is 5.78. The normalized spacial score (nSPS) is 10.3. The lowest BCUT2D eigenvalue weighted by molar-refractivity contribution is 0.101. The van der Waals surface area contributed by atoms with Gasteiger partial charge in [0.05, 0.1) is 5.69 Å². The molecular formula is C16H18BNO2. The highest BCUT2D eigenvalue weighted by Crippen LogP contribution is 2.12. The number of hydrogen-bond acceptors (Lipinski definition) is 3. The fraction of sp³-hybridized carbons (Fsp3) is 0.250. The van der Waals surface area contributed by atoms with Crippen LogP contribution in [0.5, 0.6) is 5.75 Å². The molecule has 20 heavy (non-hydrogen) atoms. The fourth-order valence-corrected chi connectivity index (χ4v) is 2.01. The van der Waals surface area contributed by atoms with Gasteiger partial charge in [-0.2, -0.15) is 0 Å². The summed E-state index contributed by atoms with van der Waals surface area (Å²) in [4.78, 5) is 15.6. The third-order valence-electron chi connectivity index (χ3n) is 3.25. The van der Waals surface area contributed by atoms with Crippen LogP contribution in [0.15, 0.2) is 36.5 Å². The molecule has 0 aliphatic carbocycles. The van der Waals surface area contributed by atoms with Crippen LogP contribution in [0, 0.1) is 0 Å². The van der Waals surface area contributed by atoms with E-state index in [1.54, 1.807) is 13.0 Å². The molecule has 3 nitrogen and oxygen atoms in total. The summed E-state index contributed by atoms with van der Waals surface area (Å²) in [6.07, 6.45) is 2.80. The van der Waals surface area contributed by atoms with E-state index in [1.807, 2.05) is 32.2 Å². The monoisotopic (exact) mass is 267 g/mol. The Hall–Kier alpha value is -2.10. The zero-order valence-corrected chi connectivity index (χ0v) is 12.1. The smallest absolute Gasteiger partial charge is 0.159 e. The van der Waals surface area contributed by atoms with E-state index in [0.29, 0.717) is 12.2 Å². The van der Waals surface area contributed by atoms with Crippen molar-refractivity contribution in [1.82, 2.24) is 4.98 Å². The van der Waals surface area contributed by atoms with Gasteiger partial charge in [-0.05, 0) is 48.6 Å². The number of ketones is 1. The Morgan fingerprint density at radius 3 is 2.75 bits per heavy atom. The average Bonchev–Trinajstić information content (AvgIpc) is 2.46. The quantitative estimate of drug-likeness (QED) is 0.611. The Morgan fingerprint density at radius 2 is 2.10 bits per heavy atom. The molecule has 0 atom stereocenters. The van der Waals surface area contributed by atoms with Gasteiger partial charge in [-0.1, -0.05) is 13.0 Å². The van der Waals surface area contributed by atoms with Crippen LogP contribution in [0.25, 0.3) is 0 Å². The number of nitrogens with zero attached hydrogens (tertiary/aromatic N) is 1. The molecule has 0 unspecified atom stereocenters. The van der Waals surface area contributed by atoms with E-state index in [-0.39, 0.29) is 5.78 Å². The molecule has 1 aromatic carbocycles. The third kappa shape index (κ3) is 3.47. The zero-order valence-electron chi connectivity index (χ0n) is 12.1. The highest BCUT2D eigenvalue weighted by atomic mass is 16.5. The predicted molar refractivity (Wildman–Crippen MR) is 82.6 cm³/mol. The minimum absolute atomic E-state index is 0.0666. The summed E-state index contributed by atoms with van der Waals surface area (Å²) in [5, 5.41) is 0. The largest absolute Gasteiger partial charge is 0.488 e. The molecule has 2 rings (SSSR count). The maximum atomic E-state index is 11.3. The van der Waals surface area contributed by atoms with Crippen molar-refractivity contribution >= 4 is 19.1 Å². The minimum atomic E-state index is 0.0666. The molecule has 1 heterocycles. The molecule has 0 aliphatic heterocycles. The number of aryl methyl sites for hydroxylation is 1. The van der Waals surface area contributed by atoms with Gasteiger partial charge in [0.2, 0.25) is 0 Å². The highest BCUT2D eigenvalue weighted by molar-refractivity contribution is 6.34. The molecular weight excluding hydrogens is 249 g/mol. The number of benzene rings is 1. The number of rotatable bonds is 5. The van der Waals surface area contributed by atoms with Crippen molar-refractivity contribution in [3.8, 4) is 5.75 Å². The van der Waals surface area contributed by atoms with Gasteiger partial charge in [0.1, 0.15) is 20.2 Å². The number of ether oxygens (including phenoxy) is 1. The first kappa shape index (κ1) is 14.3. The second kappa shape index (κ2) is 6.37. The van der Waals surface area contributed by atoms with E-state index in [9.17, 15) is 4.79 Å². The van der Waals surface area contributed by atoms with Crippen molar-refractivity contribution in [3.63, 3.8) is 0 Å². The van der Waals surface area contributed by atoms with Gasteiger partial charge in [-0.15, -0.1) is 0 Å². The SMILES string of the molecule is Bc1cc(C(C)=O)ccc1OCc1cc(CC)ccn1. The number of carbonyl (C=O) groups is 1. The first-order valence-electron chi connectivity index (χ1n) is 6.78. The molecule has 0 amide bonds. The Balaban J connectivity index is 2.08. The van der Waals surface area contributed by atoms with Crippen molar-refractivity contribution in [2.45, 2.75) is 26.9 Å². The summed E-state index contributed by atoms with van der Waals surface area (Å²) in [5.74, 6) is 0.857. The molecule has 0 radical (unpaired) electrons. The lowest BCUT2D eigenvalue weighted by Gasteiger charge is -2.10. The molecule has 1 aromatic heterocycles. The molecule has 0 saturated carbocycles. The van der Waals surface area contributed by atoms with Gasteiger partial charge in [-0.3, -0.25) is 9.78 Å². The maximum Gasteiger partial charge on any atom is 0.159 e. The summed E-state index contributed by atoms with van der Waals surface area (Å²) in [5.41, 5.74) is 3.84. The summed E-state index contributed by atoms with van der Waals surface area (Å²) >= 11 is 0. The van der Waals surface area contributed by atoms with E-state index in [2.05, 4.69) is 18.0 Å². The van der Waals surface area contributed by atoms with Crippen LogP contribution in [0.1, 0.15) is 35.5 Å². The second-order valence-corrected chi connectivity index (χ2v) is 4.83.